The maximum Gasteiger partial charge on any atom is 0.498 e. The lowest BCUT2D eigenvalue weighted by molar-refractivity contribution is 0.00578. The van der Waals surface area contributed by atoms with Gasteiger partial charge in [-0.15, -0.1) is 0 Å². The molecule has 0 atom stereocenters. The molecule has 1 saturated carbocycles. The SMILES string of the molecule is CN(C)c1nccc(B2OC(C)(C)C(C)(C)O2)c1OC1CC1. The van der Waals surface area contributed by atoms with Crippen LogP contribution in [-0.2, 0) is 9.31 Å². The van der Waals surface area contributed by atoms with Gasteiger partial charge < -0.3 is 18.9 Å². The highest BCUT2D eigenvalue weighted by atomic mass is 16.7. The molecule has 2 fully saturated rings. The predicted molar refractivity (Wildman–Crippen MR) is 87.9 cm³/mol. The summed E-state index contributed by atoms with van der Waals surface area (Å²) in [5.74, 6) is 1.60. The van der Waals surface area contributed by atoms with Gasteiger partial charge in [0.1, 0.15) is 0 Å². The van der Waals surface area contributed by atoms with E-state index in [1.807, 2.05) is 25.1 Å². The number of ether oxygens (including phenoxy) is 1. The minimum atomic E-state index is -0.430. The Morgan fingerprint density at radius 2 is 1.77 bits per heavy atom. The van der Waals surface area contributed by atoms with Gasteiger partial charge in [-0.25, -0.2) is 4.98 Å². The minimum absolute atomic E-state index is 0.295. The maximum absolute atomic E-state index is 6.18. The number of anilines is 1. The number of hydrogen-bond donors (Lipinski definition) is 0. The first-order chi connectivity index (χ1) is 10.2. The number of hydrogen-bond acceptors (Lipinski definition) is 5. The van der Waals surface area contributed by atoms with Gasteiger partial charge in [0, 0.05) is 25.8 Å². The van der Waals surface area contributed by atoms with Crippen molar-refractivity contribution in [3.05, 3.63) is 12.3 Å². The molecule has 22 heavy (non-hydrogen) atoms. The fourth-order valence-corrected chi connectivity index (χ4v) is 2.40. The van der Waals surface area contributed by atoms with Gasteiger partial charge in [-0.3, -0.25) is 0 Å². The van der Waals surface area contributed by atoms with Gasteiger partial charge in [0.05, 0.1) is 17.3 Å². The molecular formula is C16H25BN2O3. The zero-order valence-electron chi connectivity index (χ0n) is 14.3. The summed E-state index contributed by atoms with van der Waals surface area (Å²) in [5, 5.41) is 0. The van der Waals surface area contributed by atoms with Crippen LogP contribution in [0.5, 0.6) is 5.75 Å². The maximum atomic E-state index is 6.18. The first-order valence-electron chi connectivity index (χ1n) is 7.90. The standard InChI is InChI=1S/C16H25BN2O3/c1-15(2)16(3,4)22-17(21-15)12-9-10-18-14(19(5)6)13(12)20-11-7-8-11/h9-11H,7-8H2,1-6H3. The number of aromatic nitrogens is 1. The second kappa shape index (κ2) is 5.13. The van der Waals surface area contributed by atoms with Crippen LogP contribution in [0.1, 0.15) is 40.5 Å². The fraction of sp³-hybridized carbons (Fsp3) is 0.688. The van der Waals surface area contributed by atoms with E-state index in [4.69, 9.17) is 14.0 Å². The Morgan fingerprint density at radius 1 is 1.18 bits per heavy atom. The molecule has 6 heteroatoms. The molecule has 1 aromatic rings. The average molecular weight is 304 g/mol. The molecule has 1 aliphatic heterocycles. The van der Waals surface area contributed by atoms with Gasteiger partial charge in [0.2, 0.25) is 0 Å². The highest BCUT2D eigenvalue weighted by molar-refractivity contribution is 6.63. The van der Waals surface area contributed by atoms with E-state index >= 15 is 0 Å². The topological polar surface area (TPSA) is 43.8 Å². The highest BCUT2D eigenvalue weighted by Gasteiger charge is 2.53. The second-order valence-corrected chi connectivity index (χ2v) is 7.35. The van der Waals surface area contributed by atoms with Crippen molar-refractivity contribution in [2.75, 3.05) is 19.0 Å². The summed E-state index contributed by atoms with van der Waals surface area (Å²) in [7, 11) is 3.51. The second-order valence-electron chi connectivity index (χ2n) is 7.35. The largest absolute Gasteiger partial charge is 0.498 e. The fourth-order valence-electron chi connectivity index (χ4n) is 2.40. The molecule has 1 saturated heterocycles. The average Bonchev–Trinajstić information content (AvgIpc) is 3.17. The van der Waals surface area contributed by atoms with Crippen LogP contribution in [0.15, 0.2) is 12.3 Å². The summed E-state index contributed by atoms with van der Waals surface area (Å²) in [6.45, 7) is 8.23. The summed E-state index contributed by atoms with van der Waals surface area (Å²) >= 11 is 0. The molecule has 120 valence electrons. The van der Waals surface area contributed by atoms with Crippen molar-refractivity contribution < 1.29 is 14.0 Å². The molecule has 0 unspecified atom stereocenters. The molecule has 2 heterocycles. The van der Waals surface area contributed by atoms with Crippen LogP contribution in [-0.4, -0.2) is 43.5 Å². The normalized spacial score (nSPS) is 22.7. The van der Waals surface area contributed by atoms with E-state index < -0.39 is 7.12 Å². The summed E-state index contributed by atoms with van der Waals surface area (Å²) < 4.78 is 18.5. The Kier molecular flexibility index (Phi) is 3.65. The first kappa shape index (κ1) is 15.6. The van der Waals surface area contributed by atoms with Gasteiger partial charge in [0.25, 0.3) is 0 Å². The lowest BCUT2D eigenvalue weighted by Crippen LogP contribution is -2.41. The monoisotopic (exact) mass is 304 g/mol. The van der Waals surface area contributed by atoms with Crippen LogP contribution < -0.4 is 15.1 Å². The third-order valence-corrected chi connectivity index (χ3v) is 4.66. The van der Waals surface area contributed by atoms with Crippen molar-refractivity contribution in [3.8, 4) is 5.75 Å². The Bertz CT molecular complexity index is 555. The van der Waals surface area contributed by atoms with E-state index in [2.05, 4.69) is 32.7 Å². The number of rotatable bonds is 4. The third-order valence-electron chi connectivity index (χ3n) is 4.66. The summed E-state index contributed by atoms with van der Waals surface area (Å²) in [6, 6.07) is 1.94. The molecule has 2 aliphatic rings. The zero-order valence-corrected chi connectivity index (χ0v) is 14.3. The van der Waals surface area contributed by atoms with Crippen molar-refractivity contribution in [2.45, 2.75) is 57.8 Å². The third kappa shape index (κ3) is 2.70. The van der Waals surface area contributed by atoms with Crippen LogP contribution in [0, 0.1) is 0 Å². The molecule has 0 radical (unpaired) electrons. The molecule has 3 rings (SSSR count). The van der Waals surface area contributed by atoms with Crippen molar-refractivity contribution in [1.29, 1.82) is 0 Å². The van der Waals surface area contributed by atoms with Gasteiger partial charge >= 0.3 is 7.12 Å². The summed E-state index contributed by atoms with van der Waals surface area (Å²) in [6.07, 6.45) is 4.29. The van der Waals surface area contributed by atoms with Crippen LogP contribution >= 0.6 is 0 Å². The van der Waals surface area contributed by atoms with E-state index in [9.17, 15) is 0 Å². The Balaban J connectivity index is 1.98. The van der Waals surface area contributed by atoms with Crippen LogP contribution in [0.4, 0.5) is 5.82 Å². The summed E-state index contributed by atoms with van der Waals surface area (Å²) in [5.41, 5.74) is 0.191. The lowest BCUT2D eigenvalue weighted by atomic mass is 9.78. The smallest absolute Gasteiger partial charge is 0.487 e. The van der Waals surface area contributed by atoms with Gasteiger partial charge in [0.15, 0.2) is 11.6 Å². The first-order valence-corrected chi connectivity index (χ1v) is 7.90. The Hall–Kier alpha value is -1.27. The predicted octanol–water partition coefficient (Wildman–Crippen LogP) is 1.99. The van der Waals surface area contributed by atoms with E-state index in [-0.39, 0.29) is 11.2 Å². The molecular weight excluding hydrogens is 279 g/mol. The molecule has 0 spiro atoms. The molecule has 1 aromatic heterocycles. The van der Waals surface area contributed by atoms with Crippen molar-refractivity contribution >= 4 is 18.4 Å². The van der Waals surface area contributed by atoms with Crippen LogP contribution in [0.25, 0.3) is 0 Å². The number of pyridine rings is 1. The van der Waals surface area contributed by atoms with E-state index in [0.29, 0.717) is 6.10 Å². The van der Waals surface area contributed by atoms with Gasteiger partial charge in [-0.2, -0.15) is 0 Å². The van der Waals surface area contributed by atoms with Crippen molar-refractivity contribution in [1.82, 2.24) is 4.98 Å². The van der Waals surface area contributed by atoms with Gasteiger partial charge in [-0.1, -0.05) is 0 Å². The molecule has 1 aliphatic carbocycles. The molecule has 0 amide bonds. The molecule has 0 N–H and O–H groups in total. The molecule has 0 bridgehead atoms. The van der Waals surface area contributed by atoms with Gasteiger partial charge in [-0.05, 0) is 46.6 Å². The van der Waals surface area contributed by atoms with E-state index in [0.717, 1.165) is 29.9 Å². The molecule has 0 aromatic carbocycles. The summed E-state index contributed by atoms with van der Waals surface area (Å²) in [4.78, 5) is 6.42. The van der Waals surface area contributed by atoms with Crippen LogP contribution in [0.2, 0.25) is 0 Å². The lowest BCUT2D eigenvalue weighted by Gasteiger charge is -2.32. The quantitative estimate of drug-likeness (QED) is 0.796. The van der Waals surface area contributed by atoms with E-state index in [1.165, 1.54) is 0 Å². The molecule has 5 nitrogen and oxygen atoms in total. The highest BCUT2D eigenvalue weighted by Crippen LogP contribution is 2.38. The minimum Gasteiger partial charge on any atom is -0.487 e. The Labute approximate surface area is 133 Å². The van der Waals surface area contributed by atoms with E-state index in [1.54, 1.807) is 6.20 Å². The number of nitrogens with zero attached hydrogens (tertiary/aromatic N) is 2. The zero-order chi connectivity index (χ0) is 16.1. The van der Waals surface area contributed by atoms with Crippen LogP contribution in [0.3, 0.4) is 0 Å². The van der Waals surface area contributed by atoms with Crippen molar-refractivity contribution in [3.63, 3.8) is 0 Å². The Morgan fingerprint density at radius 3 is 2.27 bits per heavy atom. The van der Waals surface area contributed by atoms with Crippen molar-refractivity contribution in [2.24, 2.45) is 0 Å².